The number of ether oxygens (including phenoxy) is 1. The van der Waals surface area contributed by atoms with Gasteiger partial charge in [0.1, 0.15) is 18.0 Å². The average Bonchev–Trinajstić information content (AvgIpc) is 2.61. The minimum atomic E-state index is -0.357. The maximum Gasteiger partial charge on any atom is 0.337 e. The number of hydrogen-bond donors (Lipinski definition) is 1. The number of anilines is 3. The molecule has 1 aromatic heterocycles. The average molecular weight is 326 g/mol. The van der Waals surface area contributed by atoms with Crippen LogP contribution < -0.4 is 10.2 Å². The number of carbonyl (C=O) groups is 1. The molecular weight excluding hydrogens is 304 g/mol. The van der Waals surface area contributed by atoms with Gasteiger partial charge in [0.2, 0.25) is 0 Å². The number of nitrogens with zero attached hydrogens (tertiary/aromatic N) is 3. The Morgan fingerprint density at radius 1 is 1.33 bits per heavy atom. The highest BCUT2D eigenvalue weighted by Crippen LogP contribution is 2.24. The van der Waals surface area contributed by atoms with Crippen molar-refractivity contribution in [3.05, 3.63) is 42.2 Å². The molecule has 0 radical (unpaired) electrons. The lowest BCUT2D eigenvalue weighted by Gasteiger charge is -2.31. The molecule has 0 spiro atoms. The van der Waals surface area contributed by atoms with Crippen LogP contribution in [0.25, 0.3) is 0 Å². The summed E-state index contributed by atoms with van der Waals surface area (Å²) in [5.74, 6) is 1.97. The van der Waals surface area contributed by atoms with Gasteiger partial charge >= 0.3 is 5.97 Å². The summed E-state index contributed by atoms with van der Waals surface area (Å²) in [6, 6.07) is 9.11. The summed E-state index contributed by atoms with van der Waals surface area (Å²) in [4.78, 5) is 22.6. The summed E-state index contributed by atoms with van der Waals surface area (Å²) < 4.78 is 4.75. The molecule has 2 aromatic rings. The molecule has 24 heavy (non-hydrogen) atoms. The molecule has 1 N–H and O–H groups in total. The van der Waals surface area contributed by atoms with E-state index in [1.165, 1.54) is 20.0 Å². The first kappa shape index (κ1) is 16.2. The van der Waals surface area contributed by atoms with Gasteiger partial charge in [-0.25, -0.2) is 14.8 Å². The molecule has 6 nitrogen and oxygen atoms in total. The van der Waals surface area contributed by atoms with Gasteiger partial charge in [-0.15, -0.1) is 0 Å². The van der Waals surface area contributed by atoms with E-state index in [4.69, 9.17) is 4.74 Å². The maximum absolute atomic E-state index is 11.6. The van der Waals surface area contributed by atoms with Crippen LogP contribution in [0.5, 0.6) is 0 Å². The highest BCUT2D eigenvalue weighted by molar-refractivity contribution is 5.90. The van der Waals surface area contributed by atoms with E-state index in [0.29, 0.717) is 17.3 Å². The van der Waals surface area contributed by atoms with Crippen LogP contribution in [0.15, 0.2) is 36.7 Å². The first-order valence-corrected chi connectivity index (χ1v) is 8.18. The third-order valence-electron chi connectivity index (χ3n) is 4.19. The maximum atomic E-state index is 11.6. The molecule has 2 heterocycles. The minimum Gasteiger partial charge on any atom is -0.465 e. The van der Waals surface area contributed by atoms with Crippen molar-refractivity contribution in [1.82, 2.24) is 9.97 Å². The number of rotatable bonds is 4. The van der Waals surface area contributed by atoms with Crippen LogP contribution in [0, 0.1) is 5.92 Å². The second-order valence-electron chi connectivity index (χ2n) is 6.15. The van der Waals surface area contributed by atoms with E-state index in [0.717, 1.165) is 24.6 Å². The van der Waals surface area contributed by atoms with Crippen LogP contribution in [0.2, 0.25) is 0 Å². The lowest BCUT2D eigenvalue weighted by molar-refractivity contribution is 0.0601. The largest absolute Gasteiger partial charge is 0.465 e. The number of hydrogen-bond acceptors (Lipinski definition) is 6. The molecule has 1 aliphatic rings. The van der Waals surface area contributed by atoms with Gasteiger partial charge in [-0.3, -0.25) is 0 Å². The first-order chi connectivity index (χ1) is 11.7. The molecule has 3 rings (SSSR count). The fourth-order valence-electron chi connectivity index (χ4n) is 2.98. The quantitative estimate of drug-likeness (QED) is 0.870. The van der Waals surface area contributed by atoms with E-state index in [-0.39, 0.29) is 5.97 Å². The van der Waals surface area contributed by atoms with E-state index in [1.807, 2.05) is 18.2 Å². The molecular formula is C18H22N4O2. The zero-order valence-corrected chi connectivity index (χ0v) is 14.0. The van der Waals surface area contributed by atoms with Gasteiger partial charge in [0, 0.05) is 24.8 Å². The molecule has 1 saturated heterocycles. The molecule has 1 fully saturated rings. The molecule has 0 amide bonds. The smallest absolute Gasteiger partial charge is 0.337 e. The van der Waals surface area contributed by atoms with Gasteiger partial charge in [-0.1, -0.05) is 13.0 Å². The zero-order chi connectivity index (χ0) is 16.9. The predicted octanol–water partition coefficient (Wildman–Crippen LogP) is 3.24. The Morgan fingerprint density at radius 2 is 2.21 bits per heavy atom. The Balaban J connectivity index is 1.76. The van der Waals surface area contributed by atoms with E-state index < -0.39 is 0 Å². The van der Waals surface area contributed by atoms with Crippen molar-refractivity contribution in [3.63, 3.8) is 0 Å². The summed E-state index contributed by atoms with van der Waals surface area (Å²) >= 11 is 0. The molecule has 6 heteroatoms. The molecule has 1 aromatic carbocycles. The van der Waals surface area contributed by atoms with E-state index >= 15 is 0 Å². The number of esters is 1. The molecule has 1 atom stereocenters. The predicted molar refractivity (Wildman–Crippen MR) is 93.7 cm³/mol. The van der Waals surface area contributed by atoms with E-state index in [2.05, 4.69) is 27.1 Å². The third kappa shape index (κ3) is 3.82. The van der Waals surface area contributed by atoms with Gasteiger partial charge in [-0.2, -0.15) is 0 Å². The van der Waals surface area contributed by atoms with Gasteiger partial charge in [-0.05, 0) is 37.0 Å². The van der Waals surface area contributed by atoms with Crippen molar-refractivity contribution < 1.29 is 9.53 Å². The Kier molecular flexibility index (Phi) is 4.93. The number of aromatic nitrogens is 2. The van der Waals surface area contributed by atoms with Crippen LogP contribution in [0.1, 0.15) is 30.1 Å². The minimum absolute atomic E-state index is 0.357. The highest BCUT2D eigenvalue weighted by atomic mass is 16.5. The number of benzene rings is 1. The molecule has 0 saturated carbocycles. The van der Waals surface area contributed by atoms with Gasteiger partial charge in [0.15, 0.2) is 0 Å². The van der Waals surface area contributed by atoms with Crippen LogP contribution in [0.4, 0.5) is 17.3 Å². The summed E-state index contributed by atoms with van der Waals surface area (Å²) in [7, 11) is 1.37. The number of methoxy groups -OCH3 is 1. The van der Waals surface area contributed by atoms with E-state index in [9.17, 15) is 4.79 Å². The molecule has 0 aliphatic carbocycles. The SMILES string of the molecule is COC(=O)c1cccc(Nc2cc(N3CCCC(C)C3)ncn2)c1. The third-order valence-corrected chi connectivity index (χ3v) is 4.19. The van der Waals surface area contributed by atoms with Crippen molar-refractivity contribution in [1.29, 1.82) is 0 Å². The van der Waals surface area contributed by atoms with Gasteiger partial charge < -0.3 is 15.0 Å². The van der Waals surface area contributed by atoms with Crippen molar-refractivity contribution in [3.8, 4) is 0 Å². The topological polar surface area (TPSA) is 67.3 Å². The Hall–Kier alpha value is -2.63. The number of nitrogens with one attached hydrogen (secondary N) is 1. The second kappa shape index (κ2) is 7.29. The number of carbonyl (C=O) groups excluding carboxylic acids is 1. The summed E-state index contributed by atoms with van der Waals surface area (Å²) in [5.41, 5.74) is 1.29. The van der Waals surface area contributed by atoms with Crippen molar-refractivity contribution in [2.75, 3.05) is 30.4 Å². The lowest BCUT2D eigenvalue weighted by Crippen LogP contribution is -2.34. The fraction of sp³-hybridized carbons (Fsp3) is 0.389. The van der Waals surface area contributed by atoms with Crippen LogP contribution >= 0.6 is 0 Å². The summed E-state index contributed by atoms with van der Waals surface area (Å²) in [5, 5.41) is 3.23. The van der Waals surface area contributed by atoms with Crippen molar-refractivity contribution >= 4 is 23.3 Å². The molecule has 126 valence electrons. The molecule has 1 aliphatic heterocycles. The molecule has 1 unspecified atom stereocenters. The zero-order valence-electron chi connectivity index (χ0n) is 14.0. The monoisotopic (exact) mass is 326 g/mol. The lowest BCUT2D eigenvalue weighted by atomic mass is 10.0. The normalized spacial score (nSPS) is 17.4. The van der Waals surface area contributed by atoms with Crippen molar-refractivity contribution in [2.24, 2.45) is 5.92 Å². The van der Waals surface area contributed by atoms with Gasteiger partial charge in [0.05, 0.1) is 12.7 Å². The second-order valence-corrected chi connectivity index (χ2v) is 6.15. The van der Waals surface area contributed by atoms with Crippen molar-refractivity contribution in [2.45, 2.75) is 19.8 Å². The number of piperidine rings is 1. The van der Waals surface area contributed by atoms with E-state index in [1.54, 1.807) is 18.5 Å². The fourth-order valence-corrected chi connectivity index (χ4v) is 2.98. The standard InChI is InChI=1S/C18H22N4O2/c1-13-5-4-8-22(11-13)17-10-16(19-12-20-17)21-15-7-3-6-14(9-15)18(23)24-2/h3,6-7,9-10,12-13H,4-5,8,11H2,1-2H3,(H,19,20,21). The first-order valence-electron chi connectivity index (χ1n) is 8.18. The van der Waals surface area contributed by atoms with Crippen LogP contribution in [-0.4, -0.2) is 36.1 Å². The van der Waals surface area contributed by atoms with Crippen LogP contribution in [0.3, 0.4) is 0 Å². The summed E-state index contributed by atoms with van der Waals surface area (Å²) in [6.07, 6.45) is 4.03. The summed E-state index contributed by atoms with van der Waals surface area (Å²) in [6.45, 7) is 4.32. The van der Waals surface area contributed by atoms with Gasteiger partial charge in [0.25, 0.3) is 0 Å². The Labute approximate surface area is 141 Å². The molecule has 0 bridgehead atoms. The highest BCUT2D eigenvalue weighted by Gasteiger charge is 2.18. The van der Waals surface area contributed by atoms with Crippen LogP contribution in [-0.2, 0) is 4.74 Å². The Morgan fingerprint density at radius 3 is 3.00 bits per heavy atom. The Bertz CT molecular complexity index is 720.